The summed E-state index contributed by atoms with van der Waals surface area (Å²) in [6.45, 7) is 6.31. The van der Waals surface area contributed by atoms with E-state index in [9.17, 15) is 14.8 Å². The van der Waals surface area contributed by atoms with Crippen LogP contribution in [-0.4, -0.2) is 38.3 Å². The summed E-state index contributed by atoms with van der Waals surface area (Å²) in [5.74, 6) is 2.45. The van der Waals surface area contributed by atoms with Gasteiger partial charge in [-0.3, -0.25) is 0 Å². The number of carbonyl (C=O) groups excluding carboxylic acids is 1. The van der Waals surface area contributed by atoms with Crippen LogP contribution in [0.4, 0.5) is 0 Å². The third-order valence-electron chi connectivity index (χ3n) is 2.26. The molecule has 0 unspecified atom stereocenters. The van der Waals surface area contributed by atoms with E-state index in [4.69, 9.17) is 0 Å². The van der Waals surface area contributed by atoms with E-state index in [-0.39, 0.29) is 11.0 Å². The number of rotatable bonds is 2. The molecule has 1 rings (SSSR count). The number of carbonyl (C=O) groups is 1. The fourth-order valence-corrected chi connectivity index (χ4v) is 1.89. The van der Waals surface area contributed by atoms with Crippen LogP contribution in [0.3, 0.4) is 0 Å². The van der Waals surface area contributed by atoms with Crippen molar-refractivity contribution in [3.05, 3.63) is 29.3 Å². The molecule has 0 aliphatic rings. The first-order valence-corrected chi connectivity index (χ1v) is 9.35. The van der Waals surface area contributed by atoms with Crippen LogP contribution in [0.2, 0.25) is 19.6 Å². The maximum Gasteiger partial charge on any atom is 0.488 e. The van der Waals surface area contributed by atoms with Crippen LogP contribution in [0.5, 0.6) is 0 Å². The number of benzene rings is 1. The van der Waals surface area contributed by atoms with Gasteiger partial charge in [-0.05, 0) is 23.7 Å². The van der Waals surface area contributed by atoms with E-state index >= 15 is 0 Å². The normalized spacial score (nSPS) is 10.4. The molecule has 0 radical (unpaired) electrons. The fourth-order valence-electron chi connectivity index (χ4n) is 1.37. The SMILES string of the molecule is COC(=O)c1cc(C#C[Si](C)(C)C)cc(B(O)O)c1. The van der Waals surface area contributed by atoms with Gasteiger partial charge >= 0.3 is 13.1 Å². The molecule has 4 nitrogen and oxygen atoms in total. The Hall–Kier alpha value is -1.55. The Labute approximate surface area is 114 Å². The van der Waals surface area contributed by atoms with Crippen molar-refractivity contribution in [1.29, 1.82) is 0 Å². The molecule has 100 valence electrons. The standard InChI is InChI=1S/C13H17BO4Si/c1-18-13(15)11-7-10(5-6-19(2,3)4)8-12(9-11)14(16)17/h7-9,16-17H,1-4H3. The molecular formula is C13H17BO4Si. The Bertz CT molecular complexity index is 538. The highest BCUT2D eigenvalue weighted by Gasteiger charge is 2.16. The zero-order valence-electron chi connectivity index (χ0n) is 11.5. The van der Waals surface area contributed by atoms with Crippen molar-refractivity contribution in [2.45, 2.75) is 19.6 Å². The van der Waals surface area contributed by atoms with Gasteiger partial charge in [-0.25, -0.2) is 4.79 Å². The average Bonchev–Trinajstić information content (AvgIpc) is 2.34. The number of ether oxygens (including phenoxy) is 1. The summed E-state index contributed by atoms with van der Waals surface area (Å²) in [6.07, 6.45) is 0. The third kappa shape index (κ3) is 4.91. The first-order valence-electron chi connectivity index (χ1n) is 5.85. The summed E-state index contributed by atoms with van der Waals surface area (Å²) < 4.78 is 4.63. The van der Waals surface area contributed by atoms with E-state index in [1.54, 1.807) is 12.1 Å². The quantitative estimate of drug-likeness (QED) is 0.465. The van der Waals surface area contributed by atoms with E-state index in [0.717, 1.165) is 0 Å². The largest absolute Gasteiger partial charge is 0.488 e. The lowest BCUT2D eigenvalue weighted by atomic mass is 9.78. The number of hydrogen-bond donors (Lipinski definition) is 2. The molecule has 0 bridgehead atoms. The van der Waals surface area contributed by atoms with Crippen molar-refractivity contribution in [2.75, 3.05) is 7.11 Å². The molecule has 0 saturated heterocycles. The van der Waals surface area contributed by atoms with E-state index in [0.29, 0.717) is 5.56 Å². The van der Waals surface area contributed by atoms with Crippen molar-refractivity contribution in [3.63, 3.8) is 0 Å². The van der Waals surface area contributed by atoms with Gasteiger partial charge in [0.05, 0.1) is 12.7 Å². The molecule has 0 atom stereocenters. The Morgan fingerprint density at radius 3 is 2.37 bits per heavy atom. The summed E-state index contributed by atoms with van der Waals surface area (Å²) in [6, 6.07) is 4.53. The molecule has 2 N–H and O–H groups in total. The van der Waals surface area contributed by atoms with Crippen molar-refractivity contribution in [3.8, 4) is 11.5 Å². The number of methoxy groups -OCH3 is 1. The minimum absolute atomic E-state index is 0.225. The highest BCUT2D eigenvalue weighted by molar-refractivity contribution is 6.83. The van der Waals surface area contributed by atoms with Crippen molar-refractivity contribution in [2.24, 2.45) is 0 Å². The maximum absolute atomic E-state index is 11.5. The molecule has 0 aliphatic heterocycles. The Morgan fingerprint density at radius 1 is 1.26 bits per heavy atom. The number of hydrogen-bond acceptors (Lipinski definition) is 4. The molecule has 1 aromatic carbocycles. The van der Waals surface area contributed by atoms with E-state index in [2.05, 4.69) is 35.8 Å². The lowest BCUT2D eigenvalue weighted by Crippen LogP contribution is -2.31. The van der Waals surface area contributed by atoms with Gasteiger partial charge in [0.15, 0.2) is 0 Å². The fraction of sp³-hybridized carbons (Fsp3) is 0.308. The Balaban J connectivity index is 3.27. The summed E-state index contributed by atoms with van der Waals surface area (Å²) in [5, 5.41) is 18.4. The molecule has 0 aliphatic carbocycles. The Kier molecular flexibility index (Phi) is 4.95. The molecule has 19 heavy (non-hydrogen) atoms. The monoisotopic (exact) mass is 276 g/mol. The predicted octanol–water partition coefficient (Wildman–Crippen LogP) is 0.382. The molecule has 0 amide bonds. The van der Waals surface area contributed by atoms with Crippen molar-refractivity contribution >= 4 is 26.6 Å². The highest BCUT2D eigenvalue weighted by atomic mass is 28.3. The van der Waals surface area contributed by atoms with Crippen LogP contribution in [0.15, 0.2) is 18.2 Å². The van der Waals surface area contributed by atoms with Gasteiger partial charge in [0.25, 0.3) is 0 Å². The lowest BCUT2D eigenvalue weighted by Gasteiger charge is -2.06. The van der Waals surface area contributed by atoms with E-state index in [1.807, 2.05) is 0 Å². The molecular weight excluding hydrogens is 259 g/mol. The zero-order chi connectivity index (χ0) is 14.6. The van der Waals surface area contributed by atoms with Crippen LogP contribution >= 0.6 is 0 Å². The third-order valence-corrected chi connectivity index (χ3v) is 3.13. The minimum Gasteiger partial charge on any atom is -0.465 e. The topological polar surface area (TPSA) is 66.8 Å². The van der Waals surface area contributed by atoms with E-state index in [1.165, 1.54) is 13.2 Å². The smallest absolute Gasteiger partial charge is 0.465 e. The molecule has 0 saturated carbocycles. The highest BCUT2D eigenvalue weighted by Crippen LogP contribution is 2.06. The van der Waals surface area contributed by atoms with Crippen LogP contribution < -0.4 is 5.46 Å². The van der Waals surface area contributed by atoms with Gasteiger partial charge in [-0.15, -0.1) is 5.54 Å². The minimum atomic E-state index is -1.64. The summed E-state index contributed by atoms with van der Waals surface area (Å²) in [5.41, 5.74) is 4.22. The first-order chi connectivity index (χ1) is 8.73. The Morgan fingerprint density at radius 2 is 1.89 bits per heavy atom. The van der Waals surface area contributed by atoms with Crippen molar-refractivity contribution < 1.29 is 19.6 Å². The van der Waals surface area contributed by atoms with E-state index < -0.39 is 21.2 Å². The van der Waals surface area contributed by atoms with Gasteiger partial charge in [0.1, 0.15) is 8.07 Å². The average molecular weight is 276 g/mol. The molecule has 0 spiro atoms. The van der Waals surface area contributed by atoms with Crippen LogP contribution in [0.25, 0.3) is 0 Å². The van der Waals surface area contributed by atoms with Crippen molar-refractivity contribution in [1.82, 2.24) is 0 Å². The molecule has 0 fully saturated rings. The molecule has 0 aromatic heterocycles. The lowest BCUT2D eigenvalue weighted by molar-refractivity contribution is 0.0601. The molecule has 6 heteroatoms. The maximum atomic E-state index is 11.5. The second-order valence-corrected chi connectivity index (χ2v) is 9.96. The summed E-state index contributed by atoms with van der Waals surface area (Å²) in [7, 11) is -1.91. The van der Waals surface area contributed by atoms with Crippen LogP contribution in [-0.2, 0) is 4.74 Å². The molecule has 1 aromatic rings. The van der Waals surface area contributed by atoms with Gasteiger partial charge < -0.3 is 14.8 Å². The molecule has 0 heterocycles. The predicted molar refractivity (Wildman–Crippen MR) is 77.8 cm³/mol. The van der Waals surface area contributed by atoms with Gasteiger partial charge in [-0.2, -0.15) is 0 Å². The number of esters is 1. The second kappa shape index (κ2) is 6.06. The summed E-state index contributed by atoms with van der Waals surface area (Å²) in [4.78, 5) is 11.5. The van der Waals surface area contributed by atoms with Gasteiger partial charge in [0.2, 0.25) is 0 Å². The van der Waals surface area contributed by atoms with Gasteiger partial charge in [-0.1, -0.05) is 25.6 Å². The first kappa shape index (κ1) is 15.5. The van der Waals surface area contributed by atoms with Crippen LogP contribution in [0.1, 0.15) is 15.9 Å². The summed E-state index contributed by atoms with van der Waals surface area (Å²) >= 11 is 0. The second-order valence-electron chi connectivity index (χ2n) is 5.21. The van der Waals surface area contributed by atoms with Gasteiger partial charge in [0, 0.05) is 5.56 Å². The van der Waals surface area contributed by atoms with Crippen LogP contribution in [0, 0.1) is 11.5 Å². The zero-order valence-corrected chi connectivity index (χ0v) is 12.5.